The smallest absolute Gasteiger partial charge is 0.269 e. The van der Waals surface area contributed by atoms with E-state index < -0.39 is 4.92 Å². The molecule has 0 radical (unpaired) electrons. The molecule has 0 aliphatic rings. The van der Waals surface area contributed by atoms with Crippen LogP contribution in [0, 0.1) is 17.0 Å². The highest BCUT2D eigenvalue weighted by molar-refractivity contribution is 5.95. The van der Waals surface area contributed by atoms with Gasteiger partial charge in [0.05, 0.1) is 4.92 Å². The minimum atomic E-state index is -0.478. The Morgan fingerprint density at radius 2 is 2.19 bits per heavy atom. The zero-order valence-corrected chi connectivity index (χ0v) is 11.1. The molecule has 0 aliphatic carbocycles. The minimum Gasteiger partial charge on any atom is -0.439 e. The molecule has 0 bridgehead atoms. The summed E-state index contributed by atoms with van der Waals surface area (Å²) in [5.74, 6) is 0.529. The van der Waals surface area contributed by atoms with Gasteiger partial charge in [0.2, 0.25) is 5.88 Å². The second-order valence-electron chi connectivity index (χ2n) is 4.16. The molecule has 108 valence electrons. The fourth-order valence-electron chi connectivity index (χ4n) is 1.64. The maximum Gasteiger partial charge on any atom is 0.269 e. The van der Waals surface area contributed by atoms with Crippen LogP contribution in [-0.4, -0.2) is 21.0 Å². The van der Waals surface area contributed by atoms with Crippen molar-refractivity contribution in [1.82, 2.24) is 4.98 Å². The van der Waals surface area contributed by atoms with Gasteiger partial charge in [-0.25, -0.2) is 4.98 Å². The first-order valence-electron chi connectivity index (χ1n) is 5.89. The maximum absolute atomic E-state index is 10.7. The molecule has 3 N–H and O–H groups in total. The van der Waals surface area contributed by atoms with Gasteiger partial charge in [-0.1, -0.05) is 11.2 Å². The van der Waals surface area contributed by atoms with Crippen molar-refractivity contribution < 1.29 is 14.9 Å². The Bertz CT molecular complexity index is 715. The Kier molecular flexibility index (Phi) is 3.98. The Labute approximate surface area is 119 Å². The van der Waals surface area contributed by atoms with Gasteiger partial charge in [0.15, 0.2) is 5.84 Å². The number of non-ortho nitro benzene ring substituents is 1. The summed E-state index contributed by atoms with van der Waals surface area (Å²) >= 11 is 0. The van der Waals surface area contributed by atoms with Crippen LogP contribution >= 0.6 is 0 Å². The van der Waals surface area contributed by atoms with Crippen molar-refractivity contribution in [2.24, 2.45) is 10.9 Å². The summed E-state index contributed by atoms with van der Waals surface area (Å²) in [6.07, 6.45) is 0. The molecule has 0 unspecified atom stereocenters. The Morgan fingerprint density at radius 1 is 1.43 bits per heavy atom. The molecule has 1 heterocycles. The third kappa shape index (κ3) is 3.24. The molecule has 0 saturated heterocycles. The number of ether oxygens (including phenoxy) is 1. The molecule has 1 aromatic heterocycles. The van der Waals surface area contributed by atoms with Crippen LogP contribution in [-0.2, 0) is 0 Å². The van der Waals surface area contributed by atoms with E-state index in [4.69, 9.17) is 15.7 Å². The fourth-order valence-corrected chi connectivity index (χ4v) is 1.64. The van der Waals surface area contributed by atoms with Crippen LogP contribution < -0.4 is 10.5 Å². The molecule has 2 aromatic rings. The molecule has 0 fully saturated rings. The third-order valence-electron chi connectivity index (χ3n) is 2.68. The number of aryl methyl sites for hydroxylation is 1. The van der Waals surface area contributed by atoms with Gasteiger partial charge in [0, 0.05) is 18.2 Å². The Balaban J connectivity index is 2.28. The van der Waals surface area contributed by atoms with E-state index in [-0.39, 0.29) is 23.1 Å². The lowest BCUT2D eigenvalue weighted by atomic mass is 10.2. The Morgan fingerprint density at radius 3 is 2.81 bits per heavy atom. The first-order valence-corrected chi connectivity index (χ1v) is 5.89. The van der Waals surface area contributed by atoms with E-state index in [1.54, 1.807) is 25.1 Å². The van der Waals surface area contributed by atoms with Crippen LogP contribution in [0.2, 0.25) is 0 Å². The molecule has 1 aromatic carbocycles. The molecule has 0 spiro atoms. The summed E-state index contributed by atoms with van der Waals surface area (Å²) in [6.45, 7) is 1.69. The molecular formula is C13H12N4O4. The summed E-state index contributed by atoms with van der Waals surface area (Å²) in [6, 6.07) is 9.03. The molecule has 0 saturated carbocycles. The molecule has 0 amide bonds. The number of hydrogen-bond acceptors (Lipinski definition) is 6. The monoisotopic (exact) mass is 288 g/mol. The number of aromatic nitrogens is 1. The molecule has 21 heavy (non-hydrogen) atoms. The average Bonchev–Trinajstić information content (AvgIpc) is 2.48. The quantitative estimate of drug-likeness (QED) is 0.292. The third-order valence-corrected chi connectivity index (χ3v) is 2.68. The number of hydrogen-bond donors (Lipinski definition) is 2. The maximum atomic E-state index is 10.7. The first-order chi connectivity index (χ1) is 10.0. The average molecular weight is 288 g/mol. The highest BCUT2D eigenvalue weighted by Crippen LogP contribution is 2.27. The van der Waals surface area contributed by atoms with Gasteiger partial charge >= 0.3 is 0 Å². The van der Waals surface area contributed by atoms with Crippen molar-refractivity contribution in [3.63, 3.8) is 0 Å². The molecule has 8 heteroatoms. The van der Waals surface area contributed by atoms with E-state index in [0.717, 1.165) is 0 Å². The van der Waals surface area contributed by atoms with Crippen LogP contribution in [0.25, 0.3) is 0 Å². The van der Waals surface area contributed by atoms with E-state index in [2.05, 4.69) is 10.1 Å². The fraction of sp³-hybridized carbons (Fsp3) is 0.0769. The van der Waals surface area contributed by atoms with E-state index >= 15 is 0 Å². The summed E-state index contributed by atoms with van der Waals surface area (Å²) in [7, 11) is 0. The van der Waals surface area contributed by atoms with Crippen LogP contribution in [0.1, 0.15) is 11.3 Å². The standard InChI is InChI=1S/C13H12N4O4/c1-8-7-9(17(19)20)5-6-11(8)21-12-4-2-3-10(15-12)13(14)16-18/h2-7,18H,1H3,(H2,14,16). The van der Waals surface area contributed by atoms with Gasteiger partial charge < -0.3 is 15.7 Å². The predicted octanol–water partition coefficient (Wildman–Crippen LogP) is 2.19. The highest BCUT2D eigenvalue weighted by Gasteiger charge is 2.10. The number of nitrogens with zero attached hydrogens (tertiary/aromatic N) is 3. The van der Waals surface area contributed by atoms with Gasteiger partial charge in [-0.3, -0.25) is 10.1 Å². The number of benzene rings is 1. The van der Waals surface area contributed by atoms with Gasteiger partial charge in [-0.15, -0.1) is 0 Å². The lowest BCUT2D eigenvalue weighted by Gasteiger charge is -2.08. The van der Waals surface area contributed by atoms with Crippen LogP contribution in [0.15, 0.2) is 41.6 Å². The number of oxime groups is 1. The number of nitro groups is 1. The SMILES string of the molecule is Cc1cc([N+](=O)[O-])ccc1Oc1cccc(/C(N)=N/O)n1. The van der Waals surface area contributed by atoms with Gasteiger partial charge in [-0.05, 0) is 24.6 Å². The lowest BCUT2D eigenvalue weighted by Crippen LogP contribution is -2.14. The number of pyridine rings is 1. The van der Waals surface area contributed by atoms with Crippen LogP contribution in [0.3, 0.4) is 0 Å². The van der Waals surface area contributed by atoms with Crippen molar-refractivity contribution in [1.29, 1.82) is 0 Å². The van der Waals surface area contributed by atoms with Gasteiger partial charge in [-0.2, -0.15) is 0 Å². The van der Waals surface area contributed by atoms with Crippen molar-refractivity contribution >= 4 is 11.5 Å². The van der Waals surface area contributed by atoms with E-state index in [0.29, 0.717) is 11.3 Å². The van der Waals surface area contributed by atoms with E-state index in [1.807, 2.05) is 0 Å². The first kappa shape index (κ1) is 14.3. The number of nitro benzene ring substituents is 1. The number of amidine groups is 1. The van der Waals surface area contributed by atoms with Crippen molar-refractivity contribution in [3.8, 4) is 11.6 Å². The molecule has 2 rings (SSSR count). The molecule has 8 nitrogen and oxygen atoms in total. The largest absolute Gasteiger partial charge is 0.439 e. The number of rotatable bonds is 4. The molecule has 0 aliphatic heterocycles. The van der Waals surface area contributed by atoms with Crippen molar-refractivity contribution in [3.05, 3.63) is 57.8 Å². The molecular weight excluding hydrogens is 276 g/mol. The second kappa shape index (κ2) is 5.87. The van der Waals surface area contributed by atoms with Gasteiger partial charge in [0.25, 0.3) is 5.69 Å². The van der Waals surface area contributed by atoms with E-state index in [1.165, 1.54) is 18.2 Å². The summed E-state index contributed by atoms with van der Waals surface area (Å²) in [4.78, 5) is 14.3. The van der Waals surface area contributed by atoms with Crippen molar-refractivity contribution in [2.75, 3.05) is 0 Å². The Hall–Kier alpha value is -3.16. The summed E-state index contributed by atoms with van der Waals surface area (Å²) in [5, 5.41) is 22.1. The molecule has 0 atom stereocenters. The van der Waals surface area contributed by atoms with Crippen LogP contribution in [0.4, 0.5) is 5.69 Å². The minimum absolute atomic E-state index is 0.0155. The topological polar surface area (TPSA) is 124 Å². The lowest BCUT2D eigenvalue weighted by molar-refractivity contribution is -0.384. The van der Waals surface area contributed by atoms with Crippen molar-refractivity contribution in [2.45, 2.75) is 6.92 Å². The van der Waals surface area contributed by atoms with E-state index in [9.17, 15) is 10.1 Å². The summed E-state index contributed by atoms with van der Waals surface area (Å²) in [5.41, 5.74) is 6.29. The second-order valence-corrected chi connectivity index (χ2v) is 4.16. The summed E-state index contributed by atoms with van der Waals surface area (Å²) < 4.78 is 5.55. The zero-order chi connectivity index (χ0) is 15.4. The highest BCUT2D eigenvalue weighted by atomic mass is 16.6. The number of nitrogens with two attached hydrogens (primary N) is 1. The van der Waals surface area contributed by atoms with Crippen LogP contribution in [0.5, 0.6) is 11.6 Å². The predicted molar refractivity (Wildman–Crippen MR) is 74.7 cm³/mol. The normalized spacial score (nSPS) is 11.2. The van der Waals surface area contributed by atoms with Gasteiger partial charge in [0.1, 0.15) is 11.4 Å². The zero-order valence-electron chi connectivity index (χ0n) is 11.1.